The van der Waals surface area contributed by atoms with Gasteiger partial charge in [0.15, 0.2) is 0 Å². The summed E-state index contributed by atoms with van der Waals surface area (Å²) >= 11 is 0. The number of halogens is 4. The van der Waals surface area contributed by atoms with Crippen molar-refractivity contribution in [3.8, 4) is 16.9 Å². The molecule has 0 unspecified atom stereocenters. The maximum atomic E-state index is 15.0. The highest BCUT2D eigenvalue weighted by molar-refractivity contribution is 7.92. The second-order valence-corrected chi connectivity index (χ2v) is 12.3. The van der Waals surface area contributed by atoms with Crippen molar-refractivity contribution >= 4 is 33.3 Å². The first-order valence-electron chi connectivity index (χ1n) is 13.1. The van der Waals surface area contributed by atoms with Gasteiger partial charge in [0, 0.05) is 23.4 Å². The number of hydrogen-bond acceptors (Lipinski definition) is 6. The summed E-state index contributed by atoms with van der Waals surface area (Å²) in [5.74, 6) is -4.91. The Labute approximate surface area is 248 Å². The lowest BCUT2D eigenvalue weighted by Gasteiger charge is -2.28. The lowest BCUT2D eigenvalue weighted by Crippen LogP contribution is -2.47. The lowest BCUT2D eigenvalue weighted by molar-refractivity contribution is -0.121. The average molecular weight is 633 g/mol. The number of sulfone groups is 1. The third-order valence-corrected chi connectivity index (χ3v) is 9.21. The van der Waals surface area contributed by atoms with E-state index in [0.717, 1.165) is 18.2 Å². The number of rotatable bonds is 8. The Kier molecular flexibility index (Phi) is 7.97. The van der Waals surface area contributed by atoms with Gasteiger partial charge in [-0.3, -0.25) is 9.59 Å². The van der Waals surface area contributed by atoms with Crippen LogP contribution in [-0.4, -0.2) is 50.0 Å². The van der Waals surface area contributed by atoms with Gasteiger partial charge in [-0.2, -0.15) is 13.2 Å². The number of hydrogen-bond donors (Lipinski definition) is 3. The first kappa shape index (κ1) is 30.7. The van der Waals surface area contributed by atoms with Gasteiger partial charge in [-0.1, -0.05) is 30.4 Å². The molecule has 0 radical (unpaired) electrons. The number of allylic oxidation sites excluding steroid dienone is 1. The van der Waals surface area contributed by atoms with Crippen molar-refractivity contribution in [1.82, 2.24) is 5.32 Å². The Morgan fingerprint density at radius 1 is 0.977 bits per heavy atom. The number of methoxy groups -OCH3 is 1. The van der Waals surface area contributed by atoms with Crippen LogP contribution in [0.3, 0.4) is 0 Å². The highest BCUT2D eigenvalue weighted by atomic mass is 32.2. The smallest absolute Gasteiger partial charge is 0.496 e. The van der Waals surface area contributed by atoms with Crippen LogP contribution in [0.1, 0.15) is 27.1 Å². The Morgan fingerprint density at radius 3 is 2.36 bits per heavy atom. The molecule has 230 valence electrons. The molecule has 4 atom stereocenters. The molecular weight excluding hydrogens is 608 g/mol. The highest BCUT2D eigenvalue weighted by Crippen LogP contribution is 2.45. The normalized spacial score (nSPS) is 20.8. The van der Waals surface area contributed by atoms with E-state index in [0.29, 0.717) is 12.5 Å². The van der Waals surface area contributed by atoms with Gasteiger partial charge < -0.3 is 20.5 Å². The van der Waals surface area contributed by atoms with Crippen LogP contribution in [0.2, 0.25) is 0 Å². The summed E-state index contributed by atoms with van der Waals surface area (Å²) in [7, 11) is -4.41. The average Bonchev–Trinajstić information content (AvgIpc) is 3.58. The fraction of sp³-hybridized carbons (Fsp3) is 0.233. The Hall–Kier alpha value is -4.72. The van der Waals surface area contributed by atoms with Gasteiger partial charge in [0.05, 0.1) is 29.1 Å². The van der Waals surface area contributed by atoms with Crippen LogP contribution in [0.4, 0.5) is 23.2 Å². The SMILES string of the molecule is COc1cc(F)c(-c2cccc(C(=O)O)c2)cc1C(=O)N[C@@H]1[C@H](C(=O)Nc2cccc(S(=O)(=O)C(F)(F)F)c2)[C@H]2C=C[C@@H]1C2. The van der Waals surface area contributed by atoms with Crippen LogP contribution in [0.5, 0.6) is 5.75 Å². The molecule has 0 heterocycles. The van der Waals surface area contributed by atoms with Crippen molar-refractivity contribution in [1.29, 1.82) is 0 Å². The quantitative estimate of drug-likeness (QED) is 0.233. The van der Waals surface area contributed by atoms with E-state index in [2.05, 4.69) is 10.6 Å². The predicted octanol–water partition coefficient (Wildman–Crippen LogP) is 5.05. The monoisotopic (exact) mass is 632 g/mol. The molecule has 3 N–H and O–H groups in total. The summed E-state index contributed by atoms with van der Waals surface area (Å²) in [6.07, 6.45) is 4.13. The molecular formula is C30H24F4N2O7S. The minimum atomic E-state index is -5.65. The molecule has 0 aromatic heterocycles. The molecule has 14 heteroatoms. The van der Waals surface area contributed by atoms with Gasteiger partial charge in [-0.05, 0) is 60.2 Å². The molecule has 2 bridgehead atoms. The van der Waals surface area contributed by atoms with E-state index in [4.69, 9.17) is 4.74 Å². The number of aromatic carboxylic acids is 1. The molecule has 44 heavy (non-hydrogen) atoms. The maximum absolute atomic E-state index is 15.0. The fourth-order valence-electron chi connectivity index (χ4n) is 5.65. The molecule has 0 aliphatic heterocycles. The number of fused-ring (bicyclic) bond motifs is 2. The molecule has 2 aliphatic rings. The molecule has 3 aromatic rings. The van der Waals surface area contributed by atoms with Crippen LogP contribution in [0.15, 0.2) is 77.7 Å². The molecule has 2 amide bonds. The molecule has 1 fully saturated rings. The minimum absolute atomic E-state index is 0.0603. The molecule has 2 aliphatic carbocycles. The predicted molar refractivity (Wildman–Crippen MR) is 149 cm³/mol. The van der Waals surface area contributed by atoms with Crippen molar-refractivity contribution < 1.29 is 50.2 Å². The van der Waals surface area contributed by atoms with Gasteiger partial charge >= 0.3 is 11.5 Å². The summed E-state index contributed by atoms with van der Waals surface area (Å²) in [5.41, 5.74) is -5.73. The Balaban J connectivity index is 1.41. The van der Waals surface area contributed by atoms with Gasteiger partial charge in [0.2, 0.25) is 5.91 Å². The lowest BCUT2D eigenvalue weighted by atomic mass is 9.87. The fourth-order valence-corrected chi connectivity index (χ4v) is 6.46. The summed E-state index contributed by atoms with van der Waals surface area (Å²) in [6.45, 7) is 0. The second-order valence-electron chi connectivity index (χ2n) is 10.4. The van der Waals surface area contributed by atoms with E-state index in [1.54, 1.807) is 6.08 Å². The third-order valence-electron chi connectivity index (χ3n) is 7.73. The van der Waals surface area contributed by atoms with Gasteiger partial charge in [0.25, 0.3) is 15.7 Å². The Bertz CT molecular complexity index is 1810. The number of carboxylic acids is 1. The summed E-state index contributed by atoms with van der Waals surface area (Å²) in [5, 5.41) is 14.6. The summed E-state index contributed by atoms with van der Waals surface area (Å²) < 4.78 is 83.1. The van der Waals surface area contributed by atoms with Crippen molar-refractivity contribution in [3.63, 3.8) is 0 Å². The number of ether oxygens (including phenoxy) is 1. The van der Waals surface area contributed by atoms with Crippen LogP contribution < -0.4 is 15.4 Å². The van der Waals surface area contributed by atoms with E-state index >= 15 is 4.39 Å². The largest absolute Gasteiger partial charge is 0.501 e. The second kappa shape index (κ2) is 11.4. The zero-order valence-corrected chi connectivity index (χ0v) is 23.6. The van der Waals surface area contributed by atoms with E-state index < -0.39 is 55.8 Å². The van der Waals surface area contributed by atoms with Crippen LogP contribution in [0.25, 0.3) is 11.1 Å². The zero-order chi connectivity index (χ0) is 32.0. The number of alkyl halides is 3. The highest BCUT2D eigenvalue weighted by Gasteiger charge is 2.49. The number of carbonyl (C=O) groups is 3. The number of carboxylic acid groups (broad SMARTS) is 1. The van der Waals surface area contributed by atoms with Crippen LogP contribution in [-0.2, 0) is 14.6 Å². The topological polar surface area (TPSA) is 139 Å². The standard InChI is InChI=1S/C30H24F4N2O7S/c1-43-24-14-23(31)21(15-4-2-5-18(10-15)29(39)40)13-22(24)27(37)36-26-17-9-8-16(11-17)25(26)28(38)35-19-6-3-7-20(12-19)44(41,42)30(32,33)34/h2-10,12-14,16-17,25-26H,11H2,1H3,(H,35,38)(H,36,37)(H,39,40)/t16-,17+,25+,26-/m0/s1. The molecule has 5 rings (SSSR count). The van der Waals surface area contributed by atoms with E-state index in [1.165, 1.54) is 43.5 Å². The molecule has 9 nitrogen and oxygen atoms in total. The van der Waals surface area contributed by atoms with Crippen molar-refractivity contribution in [2.45, 2.75) is 22.9 Å². The number of carbonyl (C=O) groups excluding carboxylic acids is 2. The van der Waals surface area contributed by atoms with Crippen molar-refractivity contribution in [2.75, 3.05) is 12.4 Å². The molecule has 0 spiro atoms. The molecule has 1 saturated carbocycles. The van der Waals surface area contributed by atoms with E-state index in [9.17, 15) is 41.1 Å². The van der Waals surface area contributed by atoms with Crippen molar-refractivity contribution in [3.05, 3.63) is 89.8 Å². The van der Waals surface area contributed by atoms with Gasteiger partial charge in [-0.25, -0.2) is 17.6 Å². The Morgan fingerprint density at radius 2 is 1.68 bits per heavy atom. The number of nitrogens with one attached hydrogen (secondary N) is 2. The van der Waals surface area contributed by atoms with Crippen LogP contribution >= 0.6 is 0 Å². The van der Waals surface area contributed by atoms with Crippen LogP contribution in [0, 0.1) is 23.6 Å². The first-order valence-corrected chi connectivity index (χ1v) is 14.6. The molecule has 3 aromatic carbocycles. The van der Waals surface area contributed by atoms with Crippen molar-refractivity contribution in [2.24, 2.45) is 17.8 Å². The summed E-state index contributed by atoms with van der Waals surface area (Å²) in [6, 6.07) is 10.7. The first-order chi connectivity index (χ1) is 20.7. The van der Waals surface area contributed by atoms with Gasteiger partial charge in [-0.15, -0.1) is 0 Å². The van der Waals surface area contributed by atoms with E-state index in [1.807, 2.05) is 6.08 Å². The molecule has 0 saturated heterocycles. The van der Waals surface area contributed by atoms with E-state index in [-0.39, 0.29) is 45.5 Å². The summed E-state index contributed by atoms with van der Waals surface area (Å²) in [4.78, 5) is 37.3. The minimum Gasteiger partial charge on any atom is -0.496 e. The number of amides is 2. The number of benzene rings is 3. The maximum Gasteiger partial charge on any atom is 0.501 e. The third kappa shape index (κ3) is 5.64. The zero-order valence-electron chi connectivity index (χ0n) is 22.8. The van der Waals surface area contributed by atoms with Gasteiger partial charge in [0.1, 0.15) is 11.6 Å². The number of anilines is 1.